The van der Waals surface area contributed by atoms with Gasteiger partial charge in [-0.1, -0.05) is 18.2 Å². The van der Waals surface area contributed by atoms with Crippen molar-refractivity contribution in [2.45, 2.75) is 0 Å². The first-order valence-electron chi connectivity index (χ1n) is 6.77. The molecule has 0 radical (unpaired) electrons. The van der Waals surface area contributed by atoms with Gasteiger partial charge in [0.05, 0.1) is 7.11 Å². The summed E-state index contributed by atoms with van der Waals surface area (Å²) in [6, 6.07) is 14.5. The van der Waals surface area contributed by atoms with Gasteiger partial charge in [0.1, 0.15) is 11.4 Å². The van der Waals surface area contributed by atoms with Crippen molar-refractivity contribution in [3.63, 3.8) is 0 Å². The van der Waals surface area contributed by atoms with Crippen LogP contribution in [0.15, 0.2) is 54.7 Å². The second kappa shape index (κ2) is 5.73. The second-order valence-electron chi connectivity index (χ2n) is 4.79. The highest BCUT2D eigenvalue weighted by Gasteiger charge is 2.14. The number of nitrogens with two attached hydrogens (primary N) is 1. The molecule has 0 saturated carbocycles. The van der Waals surface area contributed by atoms with Crippen LogP contribution in [0.5, 0.6) is 5.75 Å². The Bertz CT molecular complexity index is 841. The molecule has 3 N–H and O–H groups in total. The number of aromatic nitrogens is 1. The third-order valence-corrected chi connectivity index (χ3v) is 3.37. The average molecular weight is 293 g/mol. The lowest BCUT2D eigenvalue weighted by atomic mass is 10.1. The Kier molecular flexibility index (Phi) is 3.62. The van der Waals surface area contributed by atoms with Gasteiger partial charge < -0.3 is 15.8 Å². The molecule has 0 unspecified atom stereocenters. The number of carbonyl (C=O) groups is 1. The summed E-state index contributed by atoms with van der Waals surface area (Å²) in [5, 5.41) is 4.35. The second-order valence-corrected chi connectivity index (χ2v) is 4.79. The van der Waals surface area contributed by atoms with Crippen molar-refractivity contribution < 1.29 is 9.53 Å². The number of anilines is 2. The summed E-state index contributed by atoms with van der Waals surface area (Å²) in [6.45, 7) is 0. The van der Waals surface area contributed by atoms with E-state index in [1.165, 1.54) is 0 Å². The number of ether oxygens (including phenoxy) is 1. The number of nitrogens with zero attached hydrogens (tertiary/aromatic N) is 1. The van der Waals surface area contributed by atoms with Gasteiger partial charge in [0.25, 0.3) is 5.91 Å². The van der Waals surface area contributed by atoms with Crippen molar-refractivity contribution in [2.24, 2.45) is 0 Å². The molecule has 2 aromatic carbocycles. The van der Waals surface area contributed by atoms with Crippen LogP contribution in [0.4, 0.5) is 11.4 Å². The minimum atomic E-state index is -0.309. The van der Waals surface area contributed by atoms with Gasteiger partial charge in [0, 0.05) is 29.0 Å². The lowest BCUT2D eigenvalue weighted by Crippen LogP contribution is -2.14. The number of fused-ring (bicyclic) bond motifs is 1. The first kappa shape index (κ1) is 13.9. The topological polar surface area (TPSA) is 77.2 Å². The van der Waals surface area contributed by atoms with Gasteiger partial charge in [0.15, 0.2) is 0 Å². The summed E-state index contributed by atoms with van der Waals surface area (Å²) in [4.78, 5) is 16.7. The molecular formula is C17H15N3O2. The molecule has 3 rings (SSSR count). The van der Waals surface area contributed by atoms with E-state index in [-0.39, 0.29) is 5.91 Å². The van der Waals surface area contributed by atoms with Gasteiger partial charge in [0.2, 0.25) is 0 Å². The zero-order valence-electron chi connectivity index (χ0n) is 12.0. The SMILES string of the molecule is COc1cccc(NC(=O)c2nccc3cccc(N)c23)c1. The van der Waals surface area contributed by atoms with Crippen LogP contribution in [0.1, 0.15) is 10.5 Å². The summed E-state index contributed by atoms with van der Waals surface area (Å²) in [5.74, 6) is 0.361. The van der Waals surface area contributed by atoms with Crippen LogP contribution in [-0.4, -0.2) is 18.0 Å². The number of rotatable bonds is 3. The maximum Gasteiger partial charge on any atom is 0.274 e. The van der Waals surface area contributed by atoms with E-state index >= 15 is 0 Å². The van der Waals surface area contributed by atoms with Crippen LogP contribution in [0.3, 0.4) is 0 Å². The Morgan fingerprint density at radius 1 is 1.18 bits per heavy atom. The minimum Gasteiger partial charge on any atom is -0.497 e. The predicted molar refractivity (Wildman–Crippen MR) is 87.1 cm³/mol. The molecule has 0 aliphatic rings. The average Bonchev–Trinajstić information content (AvgIpc) is 2.55. The summed E-state index contributed by atoms with van der Waals surface area (Å²) in [5.41, 5.74) is 7.46. The third kappa shape index (κ3) is 2.56. The fourth-order valence-corrected chi connectivity index (χ4v) is 2.32. The molecule has 0 saturated heterocycles. The molecular weight excluding hydrogens is 278 g/mol. The first-order valence-corrected chi connectivity index (χ1v) is 6.77. The highest BCUT2D eigenvalue weighted by molar-refractivity contribution is 6.14. The smallest absolute Gasteiger partial charge is 0.274 e. The van der Waals surface area contributed by atoms with Crippen molar-refractivity contribution in [1.82, 2.24) is 4.98 Å². The normalized spacial score (nSPS) is 10.4. The maximum atomic E-state index is 12.5. The van der Waals surface area contributed by atoms with Crippen molar-refractivity contribution >= 4 is 28.1 Å². The number of amides is 1. The number of carbonyl (C=O) groups excluding carboxylic acids is 1. The molecule has 3 aromatic rings. The highest BCUT2D eigenvalue weighted by atomic mass is 16.5. The van der Waals surface area contributed by atoms with Gasteiger partial charge in [-0.05, 0) is 29.7 Å². The van der Waals surface area contributed by atoms with Crippen LogP contribution in [0, 0.1) is 0 Å². The van der Waals surface area contributed by atoms with Crippen molar-refractivity contribution in [3.05, 3.63) is 60.4 Å². The van der Waals surface area contributed by atoms with Gasteiger partial charge >= 0.3 is 0 Å². The third-order valence-electron chi connectivity index (χ3n) is 3.37. The Morgan fingerprint density at radius 2 is 2.00 bits per heavy atom. The standard InChI is InChI=1S/C17H15N3O2/c1-22-13-6-3-5-12(10-13)20-17(21)16-15-11(8-9-19-16)4-2-7-14(15)18/h2-10H,18H2,1H3,(H,20,21). The molecule has 0 spiro atoms. The lowest BCUT2D eigenvalue weighted by Gasteiger charge is -2.09. The molecule has 1 heterocycles. The molecule has 110 valence electrons. The van der Waals surface area contributed by atoms with Crippen LogP contribution < -0.4 is 15.8 Å². The molecule has 22 heavy (non-hydrogen) atoms. The number of nitrogen functional groups attached to an aromatic ring is 1. The largest absolute Gasteiger partial charge is 0.497 e. The molecule has 0 aliphatic heterocycles. The fourth-order valence-electron chi connectivity index (χ4n) is 2.32. The van der Waals surface area contributed by atoms with Crippen molar-refractivity contribution in [1.29, 1.82) is 0 Å². The Hall–Kier alpha value is -3.08. The number of hydrogen-bond acceptors (Lipinski definition) is 4. The Morgan fingerprint density at radius 3 is 2.82 bits per heavy atom. The summed E-state index contributed by atoms with van der Waals surface area (Å²) in [6.07, 6.45) is 1.60. The summed E-state index contributed by atoms with van der Waals surface area (Å²) >= 11 is 0. The number of pyridine rings is 1. The molecule has 0 fully saturated rings. The van der Waals surface area contributed by atoms with E-state index in [2.05, 4.69) is 10.3 Å². The Balaban J connectivity index is 1.99. The van der Waals surface area contributed by atoms with E-state index in [9.17, 15) is 4.79 Å². The first-order chi connectivity index (χ1) is 10.7. The van der Waals surface area contributed by atoms with Crippen LogP contribution in [0.2, 0.25) is 0 Å². The van der Waals surface area contributed by atoms with E-state index in [1.54, 1.807) is 37.6 Å². The van der Waals surface area contributed by atoms with E-state index < -0.39 is 0 Å². The van der Waals surface area contributed by atoms with E-state index in [1.807, 2.05) is 24.3 Å². The fraction of sp³-hybridized carbons (Fsp3) is 0.0588. The molecule has 1 aromatic heterocycles. The Labute approximate surface area is 127 Å². The molecule has 5 heteroatoms. The van der Waals surface area contributed by atoms with Crippen molar-refractivity contribution in [2.75, 3.05) is 18.2 Å². The minimum absolute atomic E-state index is 0.304. The number of methoxy groups -OCH3 is 1. The molecule has 0 bridgehead atoms. The number of hydrogen-bond donors (Lipinski definition) is 2. The quantitative estimate of drug-likeness (QED) is 0.727. The zero-order valence-corrected chi connectivity index (χ0v) is 12.0. The molecule has 1 amide bonds. The molecule has 0 aliphatic carbocycles. The van der Waals surface area contributed by atoms with Crippen LogP contribution >= 0.6 is 0 Å². The monoisotopic (exact) mass is 293 g/mol. The lowest BCUT2D eigenvalue weighted by molar-refractivity contribution is 0.102. The van der Waals surface area contributed by atoms with Crippen LogP contribution in [0.25, 0.3) is 10.8 Å². The van der Waals surface area contributed by atoms with E-state index in [4.69, 9.17) is 10.5 Å². The summed E-state index contributed by atoms with van der Waals surface area (Å²) < 4.78 is 5.14. The van der Waals surface area contributed by atoms with Crippen molar-refractivity contribution in [3.8, 4) is 5.75 Å². The zero-order chi connectivity index (χ0) is 15.5. The van der Waals surface area contributed by atoms with E-state index in [0.29, 0.717) is 28.2 Å². The highest BCUT2D eigenvalue weighted by Crippen LogP contribution is 2.24. The molecule has 0 atom stereocenters. The number of benzene rings is 2. The van der Waals surface area contributed by atoms with Gasteiger partial charge in [-0.3, -0.25) is 9.78 Å². The molecule has 5 nitrogen and oxygen atoms in total. The number of nitrogens with one attached hydrogen (secondary N) is 1. The maximum absolute atomic E-state index is 12.5. The predicted octanol–water partition coefficient (Wildman–Crippen LogP) is 3.08. The van der Waals surface area contributed by atoms with Crippen LogP contribution in [-0.2, 0) is 0 Å². The van der Waals surface area contributed by atoms with E-state index in [0.717, 1.165) is 5.39 Å². The summed E-state index contributed by atoms with van der Waals surface area (Å²) in [7, 11) is 1.58. The van der Waals surface area contributed by atoms with Gasteiger partial charge in [-0.15, -0.1) is 0 Å². The van der Waals surface area contributed by atoms with Gasteiger partial charge in [-0.25, -0.2) is 0 Å². The van der Waals surface area contributed by atoms with Gasteiger partial charge in [-0.2, -0.15) is 0 Å².